The Labute approximate surface area is 118 Å². The number of hydrogen-bond acceptors (Lipinski definition) is 1. The average molecular weight is 312 g/mol. The standard InChI is InChI=1S/C15H22BrNO/c1-2-3-4-5-6-7-15(18)17-12-13-8-10-14(16)11-9-13/h8-11H,2-7,12H2,1H3,(H,17,18). The minimum absolute atomic E-state index is 0.161. The van der Waals surface area contributed by atoms with Gasteiger partial charge in [-0.15, -0.1) is 0 Å². The van der Waals surface area contributed by atoms with E-state index in [0.717, 1.165) is 16.5 Å². The lowest BCUT2D eigenvalue weighted by atomic mass is 10.1. The second kappa shape index (κ2) is 9.15. The summed E-state index contributed by atoms with van der Waals surface area (Å²) in [5.41, 5.74) is 1.14. The number of benzene rings is 1. The number of rotatable bonds is 8. The Hall–Kier alpha value is -0.830. The zero-order chi connectivity index (χ0) is 13.2. The number of hydrogen-bond donors (Lipinski definition) is 1. The molecule has 0 radical (unpaired) electrons. The van der Waals surface area contributed by atoms with Crippen LogP contribution < -0.4 is 5.32 Å². The summed E-state index contributed by atoms with van der Waals surface area (Å²) in [6.07, 6.45) is 6.60. The van der Waals surface area contributed by atoms with Crippen LogP contribution in [0.1, 0.15) is 51.0 Å². The number of unbranched alkanes of at least 4 members (excludes halogenated alkanes) is 4. The number of amides is 1. The second-order valence-corrected chi connectivity index (χ2v) is 5.48. The molecule has 0 heterocycles. The van der Waals surface area contributed by atoms with Crippen molar-refractivity contribution in [1.29, 1.82) is 0 Å². The van der Waals surface area contributed by atoms with E-state index >= 15 is 0 Å². The molecule has 1 amide bonds. The lowest BCUT2D eigenvalue weighted by Gasteiger charge is -2.05. The van der Waals surface area contributed by atoms with Gasteiger partial charge in [0.25, 0.3) is 0 Å². The molecule has 1 N–H and O–H groups in total. The van der Waals surface area contributed by atoms with E-state index in [4.69, 9.17) is 0 Å². The van der Waals surface area contributed by atoms with Gasteiger partial charge < -0.3 is 5.32 Å². The van der Waals surface area contributed by atoms with Crippen LogP contribution in [-0.4, -0.2) is 5.91 Å². The monoisotopic (exact) mass is 311 g/mol. The van der Waals surface area contributed by atoms with Crippen molar-refractivity contribution >= 4 is 21.8 Å². The Bertz CT molecular complexity index is 348. The molecule has 0 unspecified atom stereocenters. The fourth-order valence-corrected chi connectivity index (χ4v) is 2.04. The normalized spacial score (nSPS) is 10.3. The highest BCUT2D eigenvalue weighted by atomic mass is 79.9. The molecule has 0 fully saturated rings. The Morgan fingerprint density at radius 3 is 2.44 bits per heavy atom. The van der Waals surface area contributed by atoms with Crippen LogP contribution in [0.15, 0.2) is 28.7 Å². The number of carbonyl (C=O) groups is 1. The van der Waals surface area contributed by atoms with Gasteiger partial charge in [-0.3, -0.25) is 4.79 Å². The third-order valence-corrected chi connectivity index (χ3v) is 3.44. The lowest BCUT2D eigenvalue weighted by Crippen LogP contribution is -2.22. The van der Waals surface area contributed by atoms with Crippen LogP contribution in [-0.2, 0) is 11.3 Å². The number of carbonyl (C=O) groups excluding carboxylic acids is 1. The van der Waals surface area contributed by atoms with Gasteiger partial charge in [0, 0.05) is 17.4 Å². The van der Waals surface area contributed by atoms with Gasteiger partial charge >= 0.3 is 0 Å². The molecule has 18 heavy (non-hydrogen) atoms. The van der Waals surface area contributed by atoms with Gasteiger partial charge in [0.05, 0.1) is 0 Å². The molecule has 0 aliphatic heterocycles. The maximum absolute atomic E-state index is 11.6. The molecule has 0 spiro atoms. The first-order valence-electron chi connectivity index (χ1n) is 6.73. The SMILES string of the molecule is CCCCCCCC(=O)NCc1ccc(Br)cc1. The van der Waals surface area contributed by atoms with E-state index in [1.165, 1.54) is 25.7 Å². The maximum atomic E-state index is 11.6. The van der Waals surface area contributed by atoms with Crippen LogP contribution in [0.2, 0.25) is 0 Å². The lowest BCUT2D eigenvalue weighted by molar-refractivity contribution is -0.121. The Kier molecular flexibility index (Phi) is 7.74. The van der Waals surface area contributed by atoms with E-state index in [9.17, 15) is 4.79 Å². The largest absolute Gasteiger partial charge is 0.352 e. The molecular weight excluding hydrogens is 290 g/mol. The molecule has 0 aromatic heterocycles. The van der Waals surface area contributed by atoms with Gasteiger partial charge in [-0.1, -0.05) is 60.7 Å². The molecule has 0 aliphatic carbocycles. The summed E-state index contributed by atoms with van der Waals surface area (Å²) in [6, 6.07) is 8.02. The fraction of sp³-hybridized carbons (Fsp3) is 0.533. The van der Waals surface area contributed by atoms with Crippen LogP contribution in [0, 0.1) is 0 Å². The second-order valence-electron chi connectivity index (χ2n) is 4.57. The third kappa shape index (κ3) is 6.80. The summed E-state index contributed by atoms with van der Waals surface area (Å²) in [7, 11) is 0. The average Bonchev–Trinajstić information content (AvgIpc) is 2.38. The summed E-state index contributed by atoms with van der Waals surface area (Å²) in [5.74, 6) is 0.161. The fourth-order valence-electron chi connectivity index (χ4n) is 1.78. The van der Waals surface area contributed by atoms with Crippen LogP contribution in [0.4, 0.5) is 0 Å². The van der Waals surface area contributed by atoms with Gasteiger partial charge in [0.1, 0.15) is 0 Å². The van der Waals surface area contributed by atoms with Crippen molar-refractivity contribution in [3.05, 3.63) is 34.3 Å². The zero-order valence-electron chi connectivity index (χ0n) is 11.0. The van der Waals surface area contributed by atoms with E-state index in [1.54, 1.807) is 0 Å². The smallest absolute Gasteiger partial charge is 0.220 e. The summed E-state index contributed by atoms with van der Waals surface area (Å²) >= 11 is 3.39. The van der Waals surface area contributed by atoms with Gasteiger partial charge in [0.15, 0.2) is 0 Å². The maximum Gasteiger partial charge on any atom is 0.220 e. The Morgan fingerprint density at radius 1 is 1.11 bits per heavy atom. The highest BCUT2D eigenvalue weighted by Crippen LogP contribution is 2.10. The summed E-state index contributed by atoms with van der Waals surface area (Å²) in [4.78, 5) is 11.6. The van der Waals surface area contributed by atoms with Gasteiger partial charge in [-0.2, -0.15) is 0 Å². The van der Waals surface area contributed by atoms with E-state index in [-0.39, 0.29) is 5.91 Å². The van der Waals surface area contributed by atoms with E-state index in [2.05, 4.69) is 28.2 Å². The van der Waals surface area contributed by atoms with Crippen molar-refractivity contribution in [2.75, 3.05) is 0 Å². The van der Waals surface area contributed by atoms with Gasteiger partial charge in [-0.25, -0.2) is 0 Å². The van der Waals surface area contributed by atoms with Crippen LogP contribution in [0.25, 0.3) is 0 Å². The van der Waals surface area contributed by atoms with Crippen LogP contribution in [0.3, 0.4) is 0 Å². The molecule has 1 aromatic carbocycles. The first kappa shape index (κ1) is 15.2. The predicted molar refractivity (Wildman–Crippen MR) is 79.4 cm³/mol. The number of halogens is 1. The molecule has 0 aliphatic rings. The van der Waals surface area contributed by atoms with Crippen molar-refractivity contribution in [1.82, 2.24) is 5.32 Å². The Morgan fingerprint density at radius 2 is 1.78 bits per heavy atom. The molecule has 0 saturated carbocycles. The molecule has 3 heteroatoms. The van der Waals surface area contributed by atoms with E-state index < -0.39 is 0 Å². The van der Waals surface area contributed by atoms with Crippen molar-refractivity contribution < 1.29 is 4.79 Å². The highest BCUT2D eigenvalue weighted by molar-refractivity contribution is 9.10. The van der Waals surface area contributed by atoms with Crippen molar-refractivity contribution in [3.8, 4) is 0 Å². The van der Waals surface area contributed by atoms with Gasteiger partial charge in [0.2, 0.25) is 5.91 Å². The van der Waals surface area contributed by atoms with Crippen molar-refractivity contribution in [3.63, 3.8) is 0 Å². The first-order chi connectivity index (χ1) is 8.72. The van der Waals surface area contributed by atoms with E-state index in [0.29, 0.717) is 13.0 Å². The molecule has 100 valence electrons. The topological polar surface area (TPSA) is 29.1 Å². The van der Waals surface area contributed by atoms with Crippen LogP contribution in [0.5, 0.6) is 0 Å². The van der Waals surface area contributed by atoms with Crippen molar-refractivity contribution in [2.45, 2.75) is 52.0 Å². The van der Waals surface area contributed by atoms with Gasteiger partial charge in [-0.05, 0) is 24.1 Å². The molecular formula is C15H22BrNO. The molecule has 2 nitrogen and oxygen atoms in total. The Balaban J connectivity index is 2.11. The quantitative estimate of drug-likeness (QED) is 0.707. The predicted octanol–water partition coefficient (Wildman–Crippen LogP) is 4.43. The van der Waals surface area contributed by atoms with Crippen LogP contribution >= 0.6 is 15.9 Å². The molecule has 0 bridgehead atoms. The highest BCUT2D eigenvalue weighted by Gasteiger charge is 2.01. The number of nitrogens with one attached hydrogen (secondary N) is 1. The summed E-state index contributed by atoms with van der Waals surface area (Å²) in [5, 5.41) is 2.96. The van der Waals surface area contributed by atoms with E-state index in [1.807, 2.05) is 24.3 Å². The summed E-state index contributed by atoms with van der Waals surface area (Å²) in [6.45, 7) is 2.83. The molecule has 1 aromatic rings. The van der Waals surface area contributed by atoms with Crippen molar-refractivity contribution in [2.24, 2.45) is 0 Å². The molecule has 0 atom stereocenters. The molecule has 0 saturated heterocycles. The minimum Gasteiger partial charge on any atom is -0.352 e. The summed E-state index contributed by atoms with van der Waals surface area (Å²) < 4.78 is 1.06. The first-order valence-corrected chi connectivity index (χ1v) is 7.53. The molecule has 1 rings (SSSR count). The third-order valence-electron chi connectivity index (χ3n) is 2.91. The minimum atomic E-state index is 0.161. The zero-order valence-corrected chi connectivity index (χ0v) is 12.6.